The number of nitrogens with two attached hydrogens (primary N) is 1. The highest BCUT2D eigenvalue weighted by molar-refractivity contribution is 5.67. The smallest absolute Gasteiger partial charge is 0.407 e. The summed E-state index contributed by atoms with van der Waals surface area (Å²) in [6.45, 7) is 3.62. The van der Waals surface area contributed by atoms with Crippen molar-refractivity contribution in [2.75, 3.05) is 43.5 Å². The first-order valence-corrected chi connectivity index (χ1v) is 8.68. The number of anilines is 2. The van der Waals surface area contributed by atoms with E-state index in [1.54, 1.807) is 0 Å². The van der Waals surface area contributed by atoms with Gasteiger partial charge in [-0.05, 0) is 30.7 Å². The predicted octanol–water partition coefficient (Wildman–Crippen LogP) is 1.60. The van der Waals surface area contributed by atoms with E-state index >= 15 is 0 Å². The van der Waals surface area contributed by atoms with E-state index in [0.717, 1.165) is 35.7 Å². The largest absolute Gasteiger partial charge is 0.465 e. The second-order valence-electron chi connectivity index (χ2n) is 6.47. The fourth-order valence-corrected chi connectivity index (χ4v) is 3.37. The highest BCUT2D eigenvalue weighted by Gasteiger charge is 2.28. The maximum atomic E-state index is 11.4. The van der Waals surface area contributed by atoms with E-state index in [-0.39, 0.29) is 6.54 Å². The molecule has 3 N–H and O–H groups in total. The molecule has 0 radical (unpaired) electrons. The van der Waals surface area contributed by atoms with Gasteiger partial charge in [0.05, 0.1) is 25.5 Å². The van der Waals surface area contributed by atoms with Crippen molar-refractivity contribution in [2.45, 2.75) is 13.0 Å². The molecule has 0 unspecified atom stereocenters. The molecule has 3 heterocycles. The lowest BCUT2D eigenvalue weighted by Gasteiger charge is -2.33. The van der Waals surface area contributed by atoms with Crippen LogP contribution in [0.1, 0.15) is 11.3 Å². The summed E-state index contributed by atoms with van der Waals surface area (Å²) < 4.78 is 5.46. The fourth-order valence-electron chi connectivity index (χ4n) is 3.37. The fraction of sp³-hybridized carbons (Fsp3) is 0.389. The van der Waals surface area contributed by atoms with Gasteiger partial charge in [-0.3, -0.25) is 0 Å². The van der Waals surface area contributed by atoms with Crippen LogP contribution in [0.4, 0.5) is 16.3 Å². The molecular weight excluding hydrogens is 334 g/mol. The Labute approximate surface area is 151 Å². The van der Waals surface area contributed by atoms with Crippen molar-refractivity contribution in [1.82, 2.24) is 14.9 Å². The molecule has 2 aliphatic rings. The van der Waals surface area contributed by atoms with E-state index in [2.05, 4.69) is 9.88 Å². The lowest BCUT2D eigenvalue weighted by molar-refractivity contribution is 0.122. The number of carbonyl (C=O) groups is 1. The van der Waals surface area contributed by atoms with Crippen molar-refractivity contribution in [3.8, 4) is 11.4 Å². The van der Waals surface area contributed by atoms with Crippen molar-refractivity contribution in [2.24, 2.45) is 0 Å². The number of fused-ring (bicyclic) bond motifs is 1. The molecule has 8 nitrogen and oxygen atoms in total. The summed E-state index contributed by atoms with van der Waals surface area (Å²) in [5.74, 6) is 1.49. The van der Waals surface area contributed by atoms with Crippen LogP contribution in [0.15, 0.2) is 24.3 Å². The van der Waals surface area contributed by atoms with Gasteiger partial charge in [-0.25, -0.2) is 14.8 Å². The average Bonchev–Trinajstić information content (AvgIpc) is 2.68. The molecule has 26 heavy (non-hydrogen) atoms. The number of nitrogens with zero attached hydrogens (tertiary/aromatic N) is 4. The Hall–Kier alpha value is -2.87. The van der Waals surface area contributed by atoms with Crippen LogP contribution in [0.3, 0.4) is 0 Å². The minimum absolute atomic E-state index is 0.284. The van der Waals surface area contributed by atoms with Crippen LogP contribution in [-0.4, -0.2) is 58.9 Å². The Morgan fingerprint density at radius 3 is 2.54 bits per heavy atom. The number of nitrogen functional groups attached to an aromatic ring is 1. The Kier molecular flexibility index (Phi) is 4.34. The average molecular weight is 355 g/mol. The molecule has 1 saturated heterocycles. The maximum absolute atomic E-state index is 11.4. The summed E-state index contributed by atoms with van der Waals surface area (Å²) in [5.41, 5.74) is 9.15. The van der Waals surface area contributed by atoms with Gasteiger partial charge < -0.3 is 25.4 Å². The van der Waals surface area contributed by atoms with Gasteiger partial charge in [0.15, 0.2) is 5.82 Å². The number of carboxylic acid groups (broad SMARTS) is 1. The predicted molar refractivity (Wildman–Crippen MR) is 97.1 cm³/mol. The lowest BCUT2D eigenvalue weighted by atomic mass is 10.0. The highest BCUT2D eigenvalue weighted by atomic mass is 16.5. The van der Waals surface area contributed by atoms with Crippen molar-refractivity contribution >= 4 is 17.6 Å². The van der Waals surface area contributed by atoms with E-state index in [1.165, 1.54) is 4.90 Å². The number of hydrogen-bond acceptors (Lipinski definition) is 6. The molecule has 0 bridgehead atoms. The first-order chi connectivity index (χ1) is 12.6. The van der Waals surface area contributed by atoms with Gasteiger partial charge in [0.25, 0.3) is 0 Å². The molecule has 1 aromatic heterocycles. The Morgan fingerprint density at radius 2 is 1.85 bits per heavy atom. The van der Waals surface area contributed by atoms with Crippen LogP contribution in [0.25, 0.3) is 11.4 Å². The van der Waals surface area contributed by atoms with Crippen molar-refractivity contribution in [3.05, 3.63) is 35.5 Å². The second-order valence-corrected chi connectivity index (χ2v) is 6.47. The summed E-state index contributed by atoms with van der Waals surface area (Å²) in [5, 5.41) is 9.34. The van der Waals surface area contributed by atoms with Crippen molar-refractivity contribution < 1.29 is 14.6 Å². The summed E-state index contributed by atoms with van der Waals surface area (Å²) >= 11 is 0. The third-order valence-electron chi connectivity index (χ3n) is 4.79. The van der Waals surface area contributed by atoms with Crippen LogP contribution in [-0.2, 0) is 17.7 Å². The van der Waals surface area contributed by atoms with Crippen molar-refractivity contribution in [1.29, 1.82) is 0 Å². The van der Waals surface area contributed by atoms with Crippen LogP contribution in [0.2, 0.25) is 0 Å². The number of ether oxygens (including phenoxy) is 1. The third-order valence-corrected chi connectivity index (χ3v) is 4.79. The summed E-state index contributed by atoms with van der Waals surface area (Å²) in [6.07, 6.45) is -0.299. The molecule has 2 aromatic rings. The summed E-state index contributed by atoms with van der Waals surface area (Å²) in [4.78, 5) is 24.5. The molecule has 1 aromatic carbocycles. The van der Waals surface area contributed by atoms with Gasteiger partial charge in [0.1, 0.15) is 5.82 Å². The maximum Gasteiger partial charge on any atom is 0.407 e. The van der Waals surface area contributed by atoms with Gasteiger partial charge >= 0.3 is 6.09 Å². The van der Waals surface area contributed by atoms with E-state index in [1.807, 2.05) is 24.3 Å². The van der Waals surface area contributed by atoms with Gasteiger partial charge in [0.2, 0.25) is 0 Å². The molecule has 0 saturated carbocycles. The first-order valence-electron chi connectivity index (χ1n) is 8.68. The van der Waals surface area contributed by atoms with E-state index in [0.29, 0.717) is 37.7 Å². The van der Waals surface area contributed by atoms with E-state index < -0.39 is 6.09 Å². The third kappa shape index (κ3) is 3.15. The topological polar surface area (TPSA) is 105 Å². The second kappa shape index (κ2) is 6.80. The lowest BCUT2D eigenvalue weighted by Crippen LogP contribution is -2.40. The molecule has 0 spiro atoms. The minimum Gasteiger partial charge on any atom is -0.465 e. The normalized spacial score (nSPS) is 17.1. The van der Waals surface area contributed by atoms with Crippen molar-refractivity contribution in [3.63, 3.8) is 0 Å². The molecule has 0 atom stereocenters. The molecule has 2 aliphatic heterocycles. The minimum atomic E-state index is -0.920. The van der Waals surface area contributed by atoms with Crippen LogP contribution in [0, 0.1) is 0 Å². The zero-order chi connectivity index (χ0) is 18.1. The first kappa shape index (κ1) is 16.6. The number of amides is 1. The molecule has 4 rings (SSSR count). The Bertz CT molecular complexity index is 818. The van der Waals surface area contributed by atoms with Gasteiger partial charge in [-0.1, -0.05) is 0 Å². The van der Waals surface area contributed by atoms with E-state index in [4.69, 9.17) is 15.5 Å². The zero-order valence-corrected chi connectivity index (χ0v) is 14.4. The number of hydrogen-bond donors (Lipinski definition) is 2. The molecule has 1 amide bonds. The number of aromatic nitrogens is 2. The standard InChI is InChI=1S/C18H21N5O3/c19-13-3-1-12(2-4-13)16-20-15-11-23(18(24)25)6-5-14(15)17(21-16)22-7-9-26-10-8-22/h1-4H,5-11,19H2,(H,24,25). The molecule has 1 fully saturated rings. The number of rotatable bonds is 2. The zero-order valence-electron chi connectivity index (χ0n) is 14.4. The quantitative estimate of drug-likeness (QED) is 0.788. The van der Waals surface area contributed by atoms with E-state index in [9.17, 15) is 9.90 Å². The van der Waals surface area contributed by atoms with Gasteiger partial charge in [-0.15, -0.1) is 0 Å². The highest BCUT2D eigenvalue weighted by Crippen LogP contribution is 2.30. The monoisotopic (exact) mass is 355 g/mol. The molecule has 136 valence electrons. The van der Waals surface area contributed by atoms with Gasteiger partial charge in [-0.2, -0.15) is 0 Å². The van der Waals surface area contributed by atoms with Crippen LogP contribution >= 0.6 is 0 Å². The van der Waals surface area contributed by atoms with Crippen LogP contribution < -0.4 is 10.6 Å². The Balaban J connectivity index is 1.79. The molecular formula is C18H21N5O3. The SMILES string of the molecule is Nc1ccc(-c2nc3c(c(N4CCOCC4)n2)CCN(C(=O)O)C3)cc1. The molecule has 0 aliphatic carbocycles. The number of morpholine rings is 1. The number of benzene rings is 1. The Morgan fingerprint density at radius 1 is 1.12 bits per heavy atom. The van der Waals surface area contributed by atoms with Gasteiger partial charge in [0, 0.05) is 36.4 Å². The van der Waals surface area contributed by atoms with Crippen LogP contribution in [0.5, 0.6) is 0 Å². The summed E-state index contributed by atoms with van der Waals surface area (Å²) in [7, 11) is 0. The summed E-state index contributed by atoms with van der Waals surface area (Å²) in [6, 6.07) is 7.40. The molecule has 8 heteroatoms.